The van der Waals surface area contributed by atoms with Crippen molar-refractivity contribution in [1.82, 2.24) is 0 Å². The van der Waals surface area contributed by atoms with Crippen LogP contribution in [0.15, 0.2) is 0 Å². The SMILES string of the molecule is CCOP(N)(=O)SC(C)C. The van der Waals surface area contributed by atoms with Crippen LogP contribution < -0.4 is 5.50 Å². The van der Waals surface area contributed by atoms with E-state index in [0.29, 0.717) is 6.61 Å². The maximum Gasteiger partial charge on any atom is 0.324 e. The van der Waals surface area contributed by atoms with E-state index < -0.39 is 6.72 Å². The molecule has 3 nitrogen and oxygen atoms in total. The van der Waals surface area contributed by atoms with Crippen LogP contribution in [0, 0.1) is 0 Å². The van der Waals surface area contributed by atoms with Crippen LogP contribution >= 0.6 is 18.1 Å². The molecule has 0 rings (SSSR count). The summed E-state index contributed by atoms with van der Waals surface area (Å²) >= 11 is 1.19. The summed E-state index contributed by atoms with van der Waals surface area (Å²) in [6.45, 7) is 3.22. The summed E-state index contributed by atoms with van der Waals surface area (Å²) in [6.07, 6.45) is 0. The van der Waals surface area contributed by atoms with E-state index in [2.05, 4.69) is 0 Å². The van der Waals surface area contributed by atoms with Crippen LogP contribution in [-0.2, 0) is 9.09 Å². The Morgan fingerprint density at radius 2 is 2.20 bits per heavy atom. The van der Waals surface area contributed by atoms with Gasteiger partial charge in [0.15, 0.2) is 0 Å². The third kappa shape index (κ3) is 5.30. The Morgan fingerprint density at radius 3 is 2.50 bits per heavy atom. The zero-order valence-electron chi connectivity index (χ0n) is 6.53. The van der Waals surface area contributed by atoms with Crippen molar-refractivity contribution in [3.8, 4) is 0 Å². The molecule has 0 heterocycles. The molecule has 0 amide bonds. The molecule has 0 aromatic carbocycles. The average molecular weight is 183 g/mol. The van der Waals surface area contributed by atoms with E-state index in [1.807, 2.05) is 13.8 Å². The molecule has 0 aliphatic carbocycles. The summed E-state index contributed by atoms with van der Waals surface area (Å²) in [5, 5.41) is 0.252. The summed E-state index contributed by atoms with van der Waals surface area (Å²) in [4.78, 5) is 0. The molecule has 0 saturated heterocycles. The van der Waals surface area contributed by atoms with E-state index in [4.69, 9.17) is 10.0 Å². The first-order valence-corrected chi connectivity index (χ1v) is 6.37. The number of nitrogens with two attached hydrogens (primary N) is 1. The van der Waals surface area contributed by atoms with E-state index in [9.17, 15) is 4.57 Å². The minimum atomic E-state index is -2.83. The largest absolute Gasteiger partial charge is 0.324 e. The van der Waals surface area contributed by atoms with E-state index in [0.717, 1.165) is 0 Å². The van der Waals surface area contributed by atoms with Crippen LogP contribution in [0.4, 0.5) is 0 Å². The molecule has 2 N–H and O–H groups in total. The Labute approximate surface area is 66.0 Å². The van der Waals surface area contributed by atoms with Gasteiger partial charge in [-0.25, -0.2) is 0 Å². The molecule has 1 unspecified atom stereocenters. The third-order valence-corrected chi connectivity index (χ3v) is 4.46. The molecule has 62 valence electrons. The zero-order chi connectivity index (χ0) is 8.20. The van der Waals surface area contributed by atoms with Crippen molar-refractivity contribution in [2.45, 2.75) is 26.0 Å². The maximum atomic E-state index is 11.1. The van der Waals surface area contributed by atoms with Crippen LogP contribution in [0.3, 0.4) is 0 Å². The highest BCUT2D eigenvalue weighted by atomic mass is 32.7. The van der Waals surface area contributed by atoms with Crippen LogP contribution in [0.5, 0.6) is 0 Å². The van der Waals surface area contributed by atoms with Gasteiger partial charge in [0.05, 0.1) is 6.61 Å². The first-order chi connectivity index (χ1) is 4.48. The van der Waals surface area contributed by atoms with Crippen molar-refractivity contribution >= 4 is 18.1 Å². The highest BCUT2D eigenvalue weighted by Crippen LogP contribution is 2.53. The summed E-state index contributed by atoms with van der Waals surface area (Å²) in [6, 6.07) is 0. The molecule has 0 bridgehead atoms. The Bertz CT molecular complexity index is 140. The molecule has 0 radical (unpaired) electrons. The van der Waals surface area contributed by atoms with Gasteiger partial charge in [-0.2, -0.15) is 0 Å². The quantitative estimate of drug-likeness (QED) is 0.679. The smallest absolute Gasteiger partial charge is 0.310 e. The lowest BCUT2D eigenvalue weighted by atomic mass is 10.6. The molecule has 0 fully saturated rings. The van der Waals surface area contributed by atoms with Gasteiger partial charge in [-0.05, 0) is 6.92 Å². The predicted octanol–water partition coefficient (Wildman–Crippen LogP) is 2.23. The monoisotopic (exact) mass is 183 g/mol. The van der Waals surface area contributed by atoms with E-state index in [1.54, 1.807) is 6.92 Å². The lowest BCUT2D eigenvalue weighted by molar-refractivity contribution is 0.346. The van der Waals surface area contributed by atoms with Gasteiger partial charge in [-0.3, -0.25) is 10.1 Å². The molecular weight excluding hydrogens is 169 g/mol. The molecule has 0 aliphatic heterocycles. The molecule has 0 spiro atoms. The first kappa shape index (κ1) is 10.5. The second kappa shape index (κ2) is 4.39. The molecule has 5 heteroatoms. The Kier molecular flexibility index (Phi) is 4.61. The van der Waals surface area contributed by atoms with E-state index >= 15 is 0 Å². The van der Waals surface area contributed by atoms with Gasteiger partial charge in [0.25, 0.3) is 0 Å². The van der Waals surface area contributed by atoms with Gasteiger partial charge >= 0.3 is 6.72 Å². The van der Waals surface area contributed by atoms with Crippen LogP contribution in [0.1, 0.15) is 20.8 Å². The van der Waals surface area contributed by atoms with Crippen molar-refractivity contribution in [1.29, 1.82) is 0 Å². The Hall–Kier alpha value is 0.500. The highest BCUT2D eigenvalue weighted by Gasteiger charge is 2.18. The van der Waals surface area contributed by atoms with Gasteiger partial charge < -0.3 is 4.52 Å². The number of hydrogen-bond donors (Lipinski definition) is 1. The predicted molar refractivity (Wildman–Crippen MR) is 46.1 cm³/mol. The fourth-order valence-electron chi connectivity index (χ4n) is 0.504. The number of rotatable bonds is 4. The van der Waals surface area contributed by atoms with Gasteiger partial charge in [-0.15, -0.1) is 0 Å². The minimum Gasteiger partial charge on any atom is -0.310 e. The van der Waals surface area contributed by atoms with Gasteiger partial charge in [-0.1, -0.05) is 25.2 Å². The molecule has 0 saturated carbocycles. The zero-order valence-corrected chi connectivity index (χ0v) is 8.24. The summed E-state index contributed by atoms with van der Waals surface area (Å²) in [5.74, 6) is 0. The Morgan fingerprint density at radius 1 is 1.70 bits per heavy atom. The summed E-state index contributed by atoms with van der Waals surface area (Å²) < 4.78 is 16.0. The fraction of sp³-hybridized carbons (Fsp3) is 1.00. The fourth-order valence-corrected chi connectivity index (χ4v) is 3.77. The summed E-state index contributed by atoms with van der Waals surface area (Å²) in [7, 11) is 0. The molecular formula is C5H14NO2PS. The van der Waals surface area contributed by atoms with Gasteiger partial charge in [0.2, 0.25) is 0 Å². The molecule has 0 aromatic rings. The number of hydrogen-bond acceptors (Lipinski definition) is 3. The maximum absolute atomic E-state index is 11.1. The molecule has 0 aromatic heterocycles. The lowest BCUT2D eigenvalue weighted by Crippen LogP contribution is -1.99. The minimum absolute atomic E-state index is 0.252. The summed E-state index contributed by atoms with van der Waals surface area (Å²) in [5.41, 5.74) is 5.32. The van der Waals surface area contributed by atoms with Crippen LogP contribution in [0.2, 0.25) is 0 Å². The van der Waals surface area contributed by atoms with E-state index in [1.165, 1.54) is 11.4 Å². The topological polar surface area (TPSA) is 52.3 Å². The molecule has 1 atom stereocenters. The second-order valence-electron chi connectivity index (χ2n) is 2.11. The van der Waals surface area contributed by atoms with Crippen molar-refractivity contribution in [2.24, 2.45) is 5.50 Å². The normalized spacial score (nSPS) is 17.3. The third-order valence-electron chi connectivity index (χ3n) is 0.667. The van der Waals surface area contributed by atoms with Crippen LogP contribution in [-0.4, -0.2) is 11.9 Å². The van der Waals surface area contributed by atoms with Crippen molar-refractivity contribution < 1.29 is 9.09 Å². The standard InChI is InChI=1S/C5H14NO2PS/c1-4-8-9(6,7)10-5(2)3/h5H,4H2,1-3H3,(H2,6,7). The highest BCUT2D eigenvalue weighted by molar-refractivity contribution is 8.56. The van der Waals surface area contributed by atoms with E-state index in [-0.39, 0.29) is 5.25 Å². The average Bonchev–Trinajstić information content (AvgIpc) is 1.59. The second-order valence-corrected chi connectivity index (χ2v) is 6.76. The van der Waals surface area contributed by atoms with Gasteiger partial charge in [0.1, 0.15) is 0 Å². The molecule has 10 heavy (non-hydrogen) atoms. The van der Waals surface area contributed by atoms with Crippen molar-refractivity contribution in [2.75, 3.05) is 6.61 Å². The van der Waals surface area contributed by atoms with Crippen molar-refractivity contribution in [3.63, 3.8) is 0 Å². The van der Waals surface area contributed by atoms with Gasteiger partial charge in [0, 0.05) is 5.25 Å². The Balaban J connectivity index is 3.75. The molecule has 0 aliphatic rings. The lowest BCUT2D eigenvalue weighted by Gasteiger charge is -2.12. The van der Waals surface area contributed by atoms with Crippen molar-refractivity contribution in [3.05, 3.63) is 0 Å². The van der Waals surface area contributed by atoms with Crippen LogP contribution in [0.25, 0.3) is 0 Å². The first-order valence-electron chi connectivity index (χ1n) is 3.19.